The van der Waals surface area contributed by atoms with E-state index < -0.39 is 11.4 Å². The van der Waals surface area contributed by atoms with E-state index in [0.717, 1.165) is 6.42 Å². The van der Waals surface area contributed by atoms with Crippen LogP contribution in [0, 0.1) is 5.41 Å². The third kappa shape index (κ3) is 2.91. The Morgan fingerprint density at radius 3 is 2.42 bits per heavy atom. The summed E-state index contributed by atoms with van der Waals surface area (Å²) in [7, 11) is 0. The second kappa shape index (κ2) is 4.75. The molecule has 0 aliphatic rings. The summed E-state index contributed by atoms with van der Waals surface area (Å²) in [5.74, 6) is -0.760. The molecule has 68 valence electrons. The van der Waals surface area contributed by atoms with Gasteiger partial charge in [-0.1, -0.05) is 12.2 Å². The molecule has 0 fully saturated rings. The lowest BCUT2D eigenvalue weighted by atomic mass is 9.82. The van der Waals surface area contributed by atoms with Crippen LogP contribution in [0.15, 0.2) is 25.3 Å². The fraction of sp³-hybridized carbons (Fsp3) is 0.500. The van der Waals surface area contributed by atoms with Crippen LogP contribution in [0.5, 0.6) is 0 Å². The van der Waals surface area contributed by atoms with Gasteiger partial charge in [0.15, 0.2) is 0 Å². The van der Waals surface area contributed by atoms with E-state index in [4.69, 9.17) is 5.11 Å². The van der Waals surface area contributed by atoms with Gasteiger partial charge < -0.3 is 5.11 Å². The molecule has 0 aliphatic heterocycles. The standard InChI is InChI=1S/C10H16O2/c1-4-6-8-10(3,7-5-2)9(11)12/h4-5H,1-2,6-8H2,3H3,(H,11,12). The van der Waals surface area contributed by atoms with Gasteiger partial charge in [-0.2, -0.15) is 0 Å². The van der Waals surface area contributed by atoms with Crippen molar-refractivity contribution in [3.05, 3.63) is 25.3 Å². The molecule has 0 rings (SSSR count). The predicted molar refractivity (Wildman–Crippen MR) is 50.0 cm³/mol. The zero-order valence-corrected chi connectivity index (χ0v) is 7.55. The summed E-state index contributed by atoms with van der Waals surface area (Å²) in [4.78, 5) is 10.8. The molecule has 0 saturated carbocycles. The van der Waals surface area contributed by atoms with Crippen LogP contribution in [0.25, 0.3) is 0 Å². The first kappa shape index (κ1) is 11.0. The van der Waals surface area contributed by atoms with Gasteiger partial charge in [0.05, 0.1) is 5.41 Å². The summed E-state index contributed by atoms with van der Waals surface area (Å²) in [6, 6.07) is 0. The Hall–Kier alpha value is -1.05. The molecule has 1 atom stereocenters. The summed E-state index contributed by atoms with van der Waals surface area (Å²) in [5, 5.41) is 8.91. The molecule has 0 amide bonds. The molecule has 2 nitrogen and oxygen atoms in total. The molecule has 0 radical (unpaired) electrons. The lowest BCUT2D eigenvalue weighted by molar-refractivity contribution is -0.148. The average molecular weight is 168 g/mol. The molecule has 12 heavy (non-hydrogen) atoms. The monoisotopic (exact) mass is 168 g/mol. The highest BCUT2D eigenvalue weighted by molar-refractivity contribution is 5.74. The van der Waals surface area contributed by atoms with Gasteiger partial charge in [0, 0.05) is 0 Å². The Balaban J connectivity index is 4.26. The maximum absolute atomic E-state index is 10.8. The quantitative estimate of drug-likeness (QED) is 0.619. The van der Waals surface area contributed by atoms with Crippen molar-refractivity contribution < 1.29 is 9.90 Å². The minimum Gasteiger partial charge on any atom is -0.481 e. The molecule has 0 spiro atoms. The van der Waals surface area contributed by atoms with Gasteiger partial charge in [0.1, 0.15) is 0 Å². The molecule has 0 heterocycles. The van der Waals surface area contributed by atoms with E-state index in [1.165, 1.54) is 0 Å². The highest BCUT2D eigenvalue weighted by Crippen LogP contribution is 2.28. The van der Waals surface area contributed by atoms with Crippen molar-refractivity contribution in [2.75, 3.05) is 0 Å². The van der Waals surface area contributed by atoms with Crippen LogP contribution in [-0.4, -0.2) is 11.1 Å². The first-order valence-corrected chi connectivity index (χ1v) is 4.02. The van der Waals surface area contributed by atoms with Crippen LogP contribution >= 0.6 is 0 Å². The van der Waals surface area contributed by atoms with Crippen LogP contribution in [0.4, 0.5) is 0 Å². The van der Waals surface area contributed by atoms with Crippen molar-refractivity contribution in [2.45, 2.75) is 26.2 Å². The summed E-state index contributed by atoms with van der Waals surface area (Å²) < 4.78 is 0. The molecule has 1 unspecified atom stereocenters. The van der Waals surface area contributed by atoms with E-state index in [1.807, 2.05) is 0 Å². The fourth-order valence-corrected chi connectivity index (χ4v) is 1.04. The summed E-state index contributed by atoms with van der Waals surface area (Å²) in [6.07, 6.45) is 5.26. The van der Waals surface area contributed by atoms with Gasteiger partial charge in [-0.15, -0.1) is 13.2 Å². The molecule has 0 aromatic rings. The predicted octanol–water partition coefficient (Wildman–Crippen LogP) is 2.62. The molecule has 2 heteroatoms. The Labute approximate surface area is 73.6 Å². The first-order valence-electron chi connectivity index (χ1n) is 4.02. The Bertz CT molecular complexity index is 184. The van der Waals surface area contributed by atoms with E-state index in [1.54, 1.807) is 19.1 Å². The number of carbonyl (C=O) groups is 1. The molecular weight excluding hydrogens is 152 g/mol. The smallest absolute Gasteiger partial charge is 0.309 e. The van der Waals surface area contributed by atoms with E-state index in [2.05, 4.69) is 13.2 Å². The van der Waals surface area contributed by atoms with Crippen LogP contribution in [0.3, 0.4) is 0 Å². The fourth-order valence-electron chi connectivity index (χ4n) is 1.04. The molecule has 0 aromatic heterocycles. The van der Waals surface area contributed by atoms with E-state index in [0.29, 0.717) is 12.8 Å². The number of aliphatic carboxylic acids is 1. The van der Waals surface area contributed by atoms with Crippen LogP contribution < -0.4 is 0 Å². The van der Waals surface area contributed by atoms with E-state index in [9.17, 15) is 4.79 Å². The molecule has 1 N–H and O–H groups in total. The third-order valence-electron chi connectivity index (χ3n) is 2.01. The second-order valence-electron chi connectivity index (χ2n) is 3.19. The normalized spacial score (nSPS) is 14.8. The zero-order chi connectivity index (χ0) is 9.61. The maximum atomic E-state index is 10.8. The maximum Gasteiger partial charge on any atom is 0.309 e. The molecule has 0 aliphatic carbocycles. The number of hydrogen-bond acceptors (Lipinski definition) is 1. The average Bonchev–Trinajstić information content (AvgIpc) is 2.01. The van der Waals surface area contributed by atoms with Crippen molar-refractivity contribution >= 4 is 5.97 Å². The van der Waals surface area contributed by atoms with Gasteiger partial charge in [-0.05, 0) is 26.2 Å². The summed E-state index contributed by atoms with van der Waals surface area (Å²) in [5.41, 5.74) is -0.671. The third-order valence-corrected chi connectivity index (χ3v) is 2.01. The number of carboxylic acids is 1. The summed E-state index contributed by atoms with van der Waals surface area (Å²) in [6.45, 7) is 8.85. The van der Waals surface area contributed by atoms with Gasteiger partial charge in [0.2, 0.25) is 0 Å². The summed E-state index contributed by atoms with van der Waals surface area (Å²) >= 11 is 0. The first-order chi connectivity index (χ1) is 5.56. The number of rotatable bonds is 6. The zero-order valence-electron chi connectivity index (χ0n) is 7.55. The van der Waals surface area contributed by atoms with Crippen LogP contribution in [-0.2, 0) is 4.79 Å². The second-order valence-corrected chi connectivity index (χ2v) is 3.19. The Kier molecular flexibility index (Phi) is 4.34. The Morgan fingerprint density at radius 2 is 2.08 bits per heavy atom. The lowest BCUT2D eigenvalue weighted by Gasteiger charge is -2.21. The topological polar surface area (TPSA) is 37.3 Å². The van der Waals surface area contributed by atoms with E-state index in [-0.39, 0.29) is 0 Å². The largest absolute Gasteiger partial charge is 0.481 e. The van der Waals surface area contributed by atoms with Crippen LogP contribution in [0.1, 0.15) is 26.2 Å². The molecule has 0 aromatic carbocycles. The van der Waals surface area contributed by atoms with Crippen molar-refractivity contribution in [2.24, 2.45) is 5.41 Å². The van der Waals surface area contributed by atoms with Gasteiger partial charge in [0.25, 0.3) is 0 Å². The van der Waals surface area contributed by atoms with Crippen molar-refractivity contribution in [1.82, 2.24) is 0 Å². The van der Waals surface area contributed by atoms with Gasteiger partial charge >= 0.3 is 5.97 Å². The number of allylic oxidation sites excluding steroid dienone is 2. The highest BCUT2D eigenvalue weighted by atomic mass is 16.4. The molecular formula is C10H16O2. The highest BCUT2D eigenvalue weighted by Gasteiger charge is 2.30. The number of hydrogen-bond donors (Lipinski definition) is 1. The molecule has 0 saturated heterocycles. The van der Waals surface area contributed by atoms with Gasteiger partial charge in [-0.25, -0.2) is 0 Å². The van der Waals surface area contributed by atoms with Gasteiger partial charge in [-0.3, -0.25) is 4.79 Å². The van der Waals surface area contributed by atoms with Crippen molar-refractivity contribution in [3.63, 3.8) is 0 Å². The SMILES string of the molecule is C=CCCC(C)(CC=C)C(=O)O. The number of carboxylic acid groups (broad SMARTS) is 1. The molecule has 0 bridgehead atoms. The van der Waals surface area contributed by atoms with E-state index >= 15 is 0 Å². The van der Waals surface area contributed by atoms with Crippen molar-refractivity contribution in [3.8, 4) is 0 Å². The van der Waals surface area contributed by atoms with Crippen LogP contribution in [0.2, 0.25) is 0 Å². The Morgan fingerprint density at radius 1 is 1.50 bits per heavy atom. The van der Waals surface area contributed by atoms with Crippen molar-refractivity contribution in [1.29, 1.82) is 0 Å². The lowest BCUT2D eigenvalue weighted by Crippen LogP contribution is -2.26. The minimum atomic E-state index is -0.760. The minimum absolute atomic E-state index is 0.510.